The van der Waals surface area contributed by atoms with Crippen LogP contribution >= 0.6 is 7.82 Å². The molecule has 0 radical (unpaired) electrons. The molecule has 2 unspecified atom stereocenters. The number of esters is 2. The zero-order valence-corrected chi connectivity index (χ0v) is 55.4. The minimum Gasteiger partial charge on any atom is -0.462 e. The second-order valence-corrected chi connectivity index (χ2v) is 26.0. The highest BCUT2D eigenvalue weighted by atomic mass is 31.2. The molecule has 0 bridgehead atoms. The lowest BCUT2D eigenvalue weighted by molar-refractivity contribution is -0.870. The summed E-state index contributed by atoms with van der Waals surface area (Å²) >= 11 is 0. The number of hydrogen-bond acceptors (Lipinski definition) is 7. The first-order valence-corrected chi connectivity index (χ1v) is 36.2. The highest BCUT2D eigenvalue weighted by molar-refractivity contribution is 7.47. The topological polar surface area (TPSA) is 108 Å². The fraction of sp³-hybridized carbons (Fsp3) is 0.806. The van der Waals surface area contributed by atoms with E-state index in [1.165, 1.54) is 218 Å². The quantitative estimate of drug-likeness (QED) is 0.0211. The molecule has 9 nitrogen and oxygen atoms in total. The summed E-state index contributed by atoms with van der Waals surface area (Å²) in [5, 5.41) is 0. The molecule has 10 heteroatoms. The SMILES string of the molecule is CCCCCCC/C=C\C/C=C\C/C=C\CCCCCCCCCCCCCCCCCCCCCCCCC(=O)OC(COC(=O)CCCCCCCC/C=C\C/C=C\C/C=C\CCCCCCC)COP(=O)(O)OCC[N+](C)(C)C. The molecule has 0 amide bonds. The Morgan fingerprint density at radius 1 is 0.378 bits per heavy atom. The zero-order chi connectivity index (χ0) is 59.8. The third-order valence-corrected chi connectivity index (χ3v) is 16.2. The van der Waals surface area contributed by atoms with Crippen LogP contribution < -0.4 is 0 Å². The summed E-state index contributed by atoms with van der Waals surface area (Å²) in [5.74, 6) is -0.801. The maximum atomic E-state index is 12.9. The van der Waals surface area contributed by atoms with Gasteiger partial charge in [-0.15, -0.1) is 0 Å². The van der Waals surface area contributed by atoms with Gasteiger partial charge in [-0.3, -0.25) is 18.6 Å². The molecule has 82 heavy (non-hydrogen) atoms. The second-order valence-electron chi connectivity index (χ2n) is 24.6. The minimum atomic E-state index is -4.39. The number of likely N-dealkylation sites (N-methyl/N-ethyl adjacent to an activating group) is 1. The van der Waals surface area contributed by atoms with Crippen molar-refractivity contribution < 1.29 is 42.1 Å². The number of phosphoric ester groups is 1. The summed E-state index contributed by atoms with van der Waals surface area (Å²) in [6, 6.07) is 0. The number of rotatable bonds is 64. The van der Waals surface area contributed by atoms with Crippen LogP contribution in [0.5, 0.6) is 0 Å². The number of carbonyl (C=O) groups excluding carboxylic acids is 2. The molecule has 1 N–H and O–H groups in total. The second kappa shape index (κ2) is 63.0. The van der Waals surface area contributed by atoms with Crippen molar-refractivity contribution in [3.63, 3.8) is 0 Å². The van der Waals surface area contributed by atoms with Crippen molar-refractivity contribution >= 4 is 19.8 Å². The van der Waals surface area contributed by atoms with Crippen LogP contribution in [0.3, 0.4) is 0 Å². The number of nitrogens with zero attached hydrogens (tertiary/aromatic N) is 1. The van der Waals surface area contributed by atoms with Crippen molar-refractivity contribution in [2.75, 3.05) is 47.5 Å². The predicted molar refractivity (Wildman–Crippen MR) is 353 cm³/mol. The number of hydrogen-bond donors (Lipinski definition) is 1. The van der Waals surface area contributed by atoms with Gasteiger partial charge >= 0.3 is 19.8 Å². The molecular weight excluding hydrogens is 1040 g/mol. The van der Waals surface area contributed by atoms with Crippen LogP contribution in [0.2, 0.25) is 0 Å². The van der Waals surface area contributed by atoms with E-state index in [4.69, 9.17) is 18.5 Å². The lowest BCUT2D eigenvalue weighted by Crippen LogP contribution is -2.37. The van der Waals surface area contributed by atoms with E-state index < -0.39 is 26.5 Å². The van der Waals surface area contributed by atoms with Gasteiger partial charge in [-0.1, -0.05) is 292 Å². The average molecular weight is 1170 g/mol. The molecule has 0 aromatic carbocycles. The number of allylic oxidation sites excluding steroid dienone is 12. The lowest BCUT2D eigenvalue weighted by Gasteiger charge is -2.24. The molecule has 0 saturated heterocycles. The van der Waals surface area contributed by atoms with Crippen molar-refractivity contribution in [1.29, 1.82) is 0 Å². The Balaban J connectivity index is 4.00. The summed E-state index contributed by atoms with van der Waals surface area (Å²) < 4.78 is 34.7. The number of quaternary nitrogens is 1. The van der Waals surface area contributed by atoms with Gasteiger partial charge in [0, 0.05) is 12.8 Å². The molecule has 0 saturated carbocycles. The van der Waals surface area contributed by atoms with E-state index in [0.29, 0.717) is 17.4 Å². The van der Waals surface area contributed by atoms with E-state index in [2.05, 4.69) is 86.8 Å². The highest BCUT2D eigenvalue weighted by Crippen LogP contribution is 2.43. The van der Waals surface area contributed by atoms with Crippen molar-refractivity contribution in [2.24, 2.45) is 0 Å². The predicted octanol–water partition coefficient (Wildman–Crippen LogP) is 22.4. The Labute approximate surface area is 508 Å². The van der Waals surface area contributed by atoms with Gasteiger partial charge in [0.2, 0.25) is 0 Å². The van der Waals surface area contributed by atoms with Gasteiger partial charge in [-0.25, -0.2) is 4.57 Å². The molecule has 0 aliphatic carbocycles. The van der Waals surface area contributed by atoms with Crippen LogP contribution in [0.25, 0.3) is 0 Å². The monoisotopic (exact) mass is 1170 g/mol. The van der Waals surface area contributed by atoms with E-state index in [1.807, 2.05) is 21.1 Å². The number of ether oxygens (including phenoxy) is 2. The van der Waals surface area contributed by atoms with Crippen LogP contribution in [-0.2, 0) is 32.7 Å². The van der Waals surface area contributed by atoms with Crippen molar-refractivity contribution in [3.8, 4) is 0 Å². The van der Waals surface area contributed by atoms with E-state index in [0.717, 1.165) is 70.6 Å². The largest absolute Gasteiger partial charge is 0.472 e. The Morgan fingerprint density at radius 2 is 0.659 bits per heavy atom. The molecule has 0 aliphatic rings. The van der Waals surface area contributed by atoms with Crippen LogP contribution in [0.4, 0.5) is 0 Å². The van der Waals surface area contributed by atoms with E-state index >= 15 is 0 Å². The number of carbonyl (C=O) groups is 2. The molecular formula is C72H133NO8P+. The Kier molecular flexibility index (Phi) is 61.0. The van der Waals surface area contributed by atoms with Crippen molar-refractivity contribution in [3.05, 3.63) is 72.9 Å². The first-order valence-electron chi connectivity index (χ1n) is 34.7. The Morgan fingerprint density at radius 3 is 0.976 bits per heavy atom. The normalized spacial score (nSPS) is 13.6. The van der Waals surface area contributed by atoms with E-state index in [-0.39, 0.29) is 32.0 Å². The van der Waals surface area contributed by atoms with E-state index in [9.17, 15) is 19.0 Å². The number of phosphoric acid groups is 1. The Bertz CT molecular complexity index is 1610. The van der Waals surface area contributed by atoms with Crippen LogP contribution in [0.1, 0.15) is 322 Å². The fourth-order valence-electron chi connectivity index (χ4n) is 9.86. The summed E-state index contributed by atoms with van der Waals surface area (Å²) in [7, 11) is 1.48. The molecule has 0 spiro atoms. The first kappa shape index (κ1) is 79.5. The van der Waals surface area contributed by atoms with Crippen molar-refractivity contribution in [1.82, 2.24) is 0 Å². The molecule has 0 aliphatic heterocycles. The molecule has 0 aromatic rings. The van der Waals surface area contributed by atoms with Gasteiger partial charge in [0.1, 0.15) is 19.8 Å². The van der Waals surface area contributed by atoms with Crippen LogP contribution in [-0.4, -0.2) is 74.9 Å². The highest BCUT2D eigenvalue weighted by Gasteiger charge is 2.27. The average Bonchev–Trinajstić information content (AvgIpc) is 3.46. The first-order chi connectivity index (χ1) is 40.0. The summed E-state index contributed by atoms with van der Waals surface area (Å²) in [6.45, 7) is 4.43. The van der Waals surface area contributed by atoms with Gasteiger partial charge in [0.15, 0.2) is 6.10 Å². The van der Waals surface area contributed by atoms with Crippen molar-refractivity contribution in [2.45, 2.75) is 328 Å². The van der Waals surface area contributed by atoms with Crippen LogP contribution in [0, 0.1) is 0 Å². The fourth-order valence-corrected chi connectivity index (χ4v) is 10.6. The Hall–Kier alpha value is -2.55. The zero-order valence-electron chi connectivity index (χ0n) is 54.5. The van der Waals surface area contributed by atoms with Gasteiger partial charge in [0.05, 0.1) is 27.7 Å². The third-order valence-electron chi connectivity index (χ3n) is 15.2. The summed E-state index contributed by atoms with van der Waals surface area (Å²) in [6.07, 6.45) is 84.4. The smallest absolute Gasteiger partial charge is 0.462 e. The molecule has 0 heterocycles. The summed E-state index contributed by atoms with van der Waals surface area (Å²) in [4.78, 5) is 35.8. The van der Waals surface area contributed by atoms with Gasteiger partial charge in [0.25, 0.3) is 0 Å². The summed E-state index contributed by atoms with van der Waals surface area (Å²) in [5.41, 5.74) is 0. The third kappa shape index (κ3) is 66.6. The van der Waals surface area contributed by atoms with E-state index in [1.54, 1.807) is 0 Å². The molecule has 0 aromatic heterocycles. The minimum absolute atomic E-state index is 0.0286. The molecule has 0 rings (SSSR count). The maximum absolute atomic E-state index is 12.9. The van der Waals surface area contributed by atoms with Gasteiger partial charge in [-0.05, 0) is 89.9 Å². The number of unbranched alkanes of at least 4 members (excludes halogenated alkanes) is 38. The standard InChI is InChI=1S/C72H132NO8P/c1-6-8-10-12-14-16-18-20-22-24-26-28-29-30-31-32-33-34-35-36-37-38-39-40-41-42-43-45-47-49-51-53-55-57-59-61-63-65-72(75)81-70(69-80-82(76,77)79-67-66-73(3,4)5)68-78-71(74)64-62-60-58-56-54-52-50-48-46-44-27-25-23-21-19-17-15-13-11-9-7-2/h18-21,24-27,29-30,46,48,70H,6-17,22-23,28,31-45,47,49-69H2,1-5H3/p+1/b20-18-,21-19-,26-24-,27-25-,30-29-,48-46-. The molecule has 0 fully saturated rings. The molecule has 2 atom stereocenters. The maximum Gasteiger partial charge on any atom is 0.472 e. The van der Waals surface area contributed by atoms with Crippen LogP contribution in [0.15, 0.2) is 72.9 Å². The molecule has 478 valence electrons. The van der Waals surface area contributed by atoms with Gasteiger partial charge in [-0.2, -0.15) is 0 Å². The lowest BCUT2D eigenvalue weighted by atomic mass is 10.0. The van der Waals surface area contributed by atoms with Gasteiger partial charge < -0.3 is 18.9 Å².